The third-order valence-corrected chi connectivity index (χ3v) is 4.93. The molecule has 0 amide bonds. The van der Waals surface area contributed by atoms with Crippen LogP contribution in [0.4, 0.5) is 0 Å². The van der Waals surface area contributed by atoms with Crippen LogP contribution in [0.2, 0.25) is 0 Å². The van der Waals surface area contributed by atoms with Gasteiger partial charge in [-0.2, -0.15) is 5.10 Å². The Morgan fingerprint density at radius 1 is 1.33 bits per heavy atom. The normalized spacial score (nSPS) is 23.0. The second-order valence-corrected chi connectivity index (χ2v) is 6.74. The molecule has 0 radical (unpaired) electrons. The van der Waals surface area contributed by atoms with E-state index in [-0.39, 0.29) is 0 Å². The van der Waals surface area contributed by atoms with Gasteiger partial charge in [-0.05, 0) is 25.2 Å². The summed E-state index contributed by atoms with van der Waals surface area (Å²) in [5.41, 5.74) is 3.37. The number of rotatable bonds is 4. The van der Waals surface area contributed by atoms with Crippen LogP contribution < -0.4 is 0 Å². The molecule has 2 heterocycles. The minimum atomic E-state index is 0.553. The number of halogens is 1. The van der Waals surface area contributed by atoms with Gasteiger partial charge in [-0.15, -0.1) is 11.6 Å². The van der Waals surface area contributed by atoms with Crippen LogP contribution in [0.3, 0.4) is 0 Å². The quantitative estimate of drug-likeness (QED) is 0.804. The van der Waals surface area contributed by atoms with Crippen molar-refractivity contribution in [1.82, 2.24) is 19.3 Å². The Hall–Kier alpha value is -1.03. The van der Waals surface area contributed by atoms with E-state index < -0.39 is 0 Å². The number of fused-ring (bicyclic) bond motifs is 1. The second-order valence-electron chi connectivity index (χ2n) is 6.36. The van der Waals surface area contributed by atoms with Crippen LogP contribution in [0.5, 0.6) is 0 Å². The highest BCUT2D eigenvalue weighted by atomic mass is 35.5. The monoisotopic (exact) mass is 308 g/mol. The molecule has 1 saturated carbocycles. The molecule has 2 aromatic rings. The van der Waals surface area contributed by atoms with Gasteiger partial charge >= 0.3 is 0 Å². The lowest BCUT2D eigenvalue weighted by atomic mass is 9.87. The summed E-state index contributed by atoms with van der Waals surface area (Å²) in [6.07, 6.45) is 6.92. The highest BCUT2D eigenvalue weighted by Gasteiger charge is 2.27. The van der Waals surface area contributed by atoms with E-state index >= 15 is 0 Å². The van der Waals surface area contributed by atoms with E-state index in [1.807, 2.05) is 11.7 Å². The molecule has 0 aliphatic heterocycles. The highest BCUT2D eigenvalue weighted by molar-refractivity contribution is 6.17. The molecule has 3 rings (SSSR count). The topological polar surface area (TPSA) is 35.6 Å². The number of hydrogen-bond acceptors (Lipinski definition) is 2. The van der Waals surface area contributed by atoms with Crippen molar-refractivity contribution in [2.75, 3.05) is 5.88 Å². The van der Waals surface area contributed by atoms with Gasteiger partial charge in [0.05, 0.1) is 5.69 Å². The molecule has 5 heteroatoms. The van der Waals surface area contributed by atoms with Crippen molar-refractivity contribution >= 4 is 22.8 Å². The van der Waals surface area contributed by atoms with Crippen molar-refractivity contribution in [2.45, 2.75) is 58.4 Å². The number of nitrogens with zero attached hydrogens (tertiary/aromatic N) is 4. The van der Waals surface area contributed by atoms with Gasteiger partial charge < -0.3 is 4.57 Å². The summed E-state index contributed by atoms with van der Waals surface area (Å²) >= 11 is 6.01. The fraction of sp³-hybridized carbons (Fsp3) is 0.750. The Balaban J connectivity index is 2.13. The van der Waals surface area contributed by atoms with E-state index in [9.17, 15) is 0 Å². The summed E-state index contributed by atoms with van der Waals surface area (Å²) < 4.78 is 4.46. The van der Waals surface area contributed by atoms with Gasteiger partial charge in [0.2, 0.25) is 0 Å². The first-order chi connectivity index (χ1) is 10.2. The molecule has 2 aromatic heterocycles. The lowest BCUT2D eigenvalue weighted by Gasteiger charge is -2.29. The number of imidazole rings is 1. The third-order valence-electron chi connectivity index (χ3n) is 4.74. The zero-order valence-corrected chi connectivity index (χ0v) is 14.0. The first kappa shape index (κ1) is 14.9. The predicted molar refractivity (Wildman–Crippen MR) is 87.0 cm³/mol. The molecule has 0 spiro atoms. The van der Waals surface area contributed by atoms with E-state index in [4.69, 9.17) is 16.6 Å². The summed E-state index contributed by atoms with van der Waals surface area (Å²) in [5, 5.41) is 4.64. The van der Waals surface area contributed by atoms with Gasteiger partial charge in [0.1, 0.15) is 11.3 Å². The molecule has 2 unspecified atom stereocenters. The van der Waals surface area contributed by atoms with Crippen LogP contribution in [0.1, 0.15) is 57.1 Å². The van der Waals surface area contributed by atoms with Gasteiger partial charge in [0.15, 0.2) is 5.65 Å². The average molecular weight is 309 g/mol. The maximum atomic E-state index is 6.01. The molecule has 1 aliphatic carbocycles. The largest absolute Gasteiger partial charge is 0.310 e. The van der Waals surface area contributed by atoms with Crippen molar-refractivity contribution in [3.63, 3.8) is 0 Å². The minimum Gasteiger partial charge on any atom is -0.310 e. The van der Waals surface area contributed by atoms with Crippen molar-refractivity contribution in [3.05, 3.63) is 11.5 Å². The lowest BCUT2D eigenvalue weighted by molar-refractivity contribution is 0.281. The van der Waals surface area contributed by atoms with Crippen LogP contribution in [-0.4, -0.2) is 25.2 Å². The molecular formula is C16H25ClN4. The van der Waals surface area contributed by atoms with Gasteiger partial charge in [0.25, 0.3) is 0 Å². The summed E-state index contributed by atoms with van der Waals surface area (Å²) in [6, 6.07) is 0.553. The Bertz CT molecular complexity index is 628. The molecule has 0 saturated heterocycles. The molecule has 0 N–H and O–H groups in total. The summed E-state index contributed by atoms with van der Waals surface area (Å²) in [6.45, 7) is 4.51. The average Bonchev–Trinajstić information content (AvgIpc) is 2.97. The fourth-order valence-electron chi connectivity index (χ4n) is 3.77. The minimum absolute atomic E-state index is 0.553. The van der Waals surface area contributed by atoms with E-state index in [0.717, 1.165) is 35.8 Å². The first-order valence-electron chi connectivity index (χ1n) is 8.14. The van der Waals surface area contributed by atoms with Crippen molar-refractivity contribution < 1.29 is 0 Å². The number of hydrogen-bond donors (Lipinski definition) is 0. The standard InChI is InChI=1S/C16H25ClN4/c1-4-13-15-16(20(3)19-13)21(14(18-15)8-9-17)12-7-5-6-11(2)10-12/h11-12H,4-10H2,1-3H3. The molecular weight excluding hydrogens is 284 g/mol. The Morgan fingerprint density at radius 3 is 2.81 bits per heavy atom. The molecule has 2 atom stereocenters. The van der Waals surface area contributed by atoms with E-state index in [1.54, 1.807) is 0 Å². The Morgan fingerprint density at radius 2 is 2.14 bits per heavy atom. The van der Waals surface area contributed by atoms with Gasteiger partial charge in [0, 0.05) is 25.4 Å². The van der Waals surface area contributed by atoms with E-state index in [1.165, 1.54) is 31.3 Å². The predicted octanol–water partition coefficient (Wildman–Crippen LogP) is 3.86. The molecule has 1 fully saturated rings. The van der Waals surface area contributed by atoms with Crippen LogP contribution in [-0.2, 0) is 19.9 Å². The molecule has 116 valence electrons. The summed E-state index contributed by atoms with van der Waals surface area (Å²) in [7, 11) is 2.04. The Kier molecular flexibility index (Phi) is 4.25. The van der Waals surface area contributed by atoms with Crippen molar-refractivity contribution in [1.29, 1.82) is 0 Å². The second kappa shape index (κ2) is 5.99. The molecule has 4 nitrogen and oxygen atoms in total. The van der Waals surface area contributed by atoms with Crippen LogP contribution in [0.25, 0.3) is 11.2 Å². The Labute approximate surface area is 131 Å². The zero-order chi connectivity index (χ0) is 15.0. The first-order valence-corrected chi connectivity index (χ1v) is 8.67. The van der Waals surface area contributed by atoms with Gasteiger partial charge in [-0.1, -0.05) is 26.7 Å². The van der Waals surface area contributed by atoms with E-state index in [2.05, 4.69) is 23.5 Å². The maximum absolute atomic E-state index is 6.01. The van der Waals surface area contributed by atoms with Crippen molar-refractivity contribution in [2.24, 2.45) is 13.0 Å². The van der Waals surface area contributed by atoms with E-state index in [0.29, 0.717) is 11.9 Å². The molecule has 21 heavy (non-hydrogen) atoms. The fourth-order valence-corrected chi connectivity index (χ4v) is 3.94. The summed E-state index contributed by atoms with van der Waals surface area (Å²) in [4.78, 5) is 4.89. The van der Waals surface area contributed by atoms with Crippen LogP contribution in [0, 0.1) is 5.92 Å². The highest BCUT2D eigenvalue weighted by Crippen LogP contribution is 2.36. The molecule has 0 aromatic carbocycles. The van der Waals surface area contributed by atoms with Gasteiger partial charge in [-0.25, -0.2) is 4.98 Å². The number of aryl methyl sites for hydroxylation is 3. The third kappa shape index (κ3) is 2.59. The molecule has 1 aliphatic rings. The van der Waals surface area contributed by atoms with Crippen LogP contribution >= 0.6 is 11.6 Å². The summed E-state index contributed by atoms with van der Waals surface area (Å²) in [5.74, 6) is 2.56. The maximum Gasteiger partial charge on any atom is 0.158 e. The smallest absolute Gasteiger partial charge is 0.158 e. The zero-order valence-electron chi connectivity index (χ0n) is 13.3. The number of alkyl halides is 1. The number of aromatic nitrogens is 4. The van der Waals surface area contributed by atoms with Gasteiger partial charge in [-0.3, -0.25) is 4.68 Å². The van der Waals surface area contributed by atoms with Crippen molar-refractivity contribution in [3.8, 4) is 0 Å². The SMILES string of the molecule is CCc1nn(C)c2c1nc(CCCl)n2C1CCCC(C)C1. The van der Waals surface area contributed by atoms with Crippen LogP contribution in [0.15, 0.2) is 0 Å². The molecule has 0 bridgehead atoms. The lowest BCUT2D eigenvalue weighted by Crippen LogP contribution is -2.21.